The van der Waals surface area contributed by atoms with Crippen LogP contribution in [0.5, 0.6) is 11.6 Å². The quantitative estimate of drug-likeness (QED) is 0.819. The van der Waals surface area contributed by atoms with Gasteiger partial charge in [0.05, 0.1) is 5.02 Å². The molecule has 0 fully saturated rings. The predicted molar refractivity (Wildman–Crippen MR) is 63.4 cm³/mol. The monoisotopic (exact) mass is 301 g/mol. The molecule has 1 aromatic carbocycles. The van der Waals surface area contributed by atoms with Gasteiger partial charge in [-0.25, -0.2) is 9.37 Å². The van der Waals surface area contributed by atoms with E-state index in [4.69, 9.17) is 16.3 Å². The van der Waals surface area contributed by atoms with Crippen molar-refractivity contribution in [2.24, 2.45) is 0 Å². The van der Waals surface area contributed by atoms with Crippen molar-refractivity contribution >= 4 is 27.5 Å². The molecule has 0 atom stereocenters. The van der Waals surface area contributed by atoms with Crippen LogP contribution in [0.1, 0.15) is 0 Å². The van der Waals surface area contributed by atoms with Gasteiger partial charge in [0.2, 0.25) is 5.88 Å². The summed E-state index contributed by atoms with van der Waals surface area (Å²) in [5.41, 5.74) is 0. The van der Waals surface area contributed by atoms with E-state index in [0.29, 0.717) is 15.4 Å². The zero-order valence-electron chi connectivity index (χ0n) is 7.95. The smallest absolute Gasteiger partial charge is 0.219 e. The van der Waals surface area contributed by atoms with Crippen LogP contribution in [0.4, 0.5) is 4.39 Å². The Labute approximate surface area is 105 Å². The van der Waals surface area contributed by atoms with Gasteiger partial charge in [0.15, 0.2) is 11.6 Å². The maximum atomic E-state index is 13.4. The van der Waals surface area contributed by atoms with Crippen LogP contribution in [0.3, 0.4) is 0 Å². The van der Waals surface area contributed by atoms with Crippen molar-refractivity contribution in [3.63, 3.8) is 0 Å². The van der Waals surface area contributed by atoms with Gasteiger partial charge in [-0.15, -0.1) is 0 Å². The van der Waals surface area contributed by atoms with Gasteiger partial charge in [-0.3, -0.25) is 0 Å². The highest BCUT2D eigenvalue weighted by Gasteiger charge is 2.05. The van der Waals surface area contributed by atoms with Gasteiger partial charge in [-0.2, -0.15) is 0 Å². The number of pyridine rings is 1. The molecule has 0 radical (unpaired) electrons. The highest BCUT2D eigenvalue weighted by molar-refractivity contribution is 9.10. The van der Waals surface area contributed by atoms with E-state index in [0.717, 1.165) is 0 Å². The van der Waals surface area contributed by atoms with Crippen molar-refractivity contribution in [3.05, 3.63) is 51.8 Å². The molecule has 0 aliphatic rings. The molecule has 1 heterocycles. The fraction of sp³-hybridized carbons (Fsp3) is 0. The number of rotatable bonds is 2. The summed E-state index contributed by atoms with van der Waals surface area (Å²) in [5, 5.41) is 0.503. The largest absolute Gasteiger partial charge is 0.436 e. The predicted octanol–water partition coefficient (Wildman–Crippen LogP) is 4.43. The highest BCUT2D eigenvalue weighted by Crippen LogP contribution is 2.25. The maximum absolute atomic E-state index is 13.4. The maximum Gasteiger partial charge on any atom is 0.219 e. The first kappa shape index (κ1) is 11.4. The molecule has 2 nitrogen and oxygen atoms in total. The van der Waals surface area contributed by atoms with Gasteiger partial charge in [0.1, 0.15) is 0 Å². The topological polar surface area (TPSA) is 22.1 Å². The molecular formula is C11H6BrClFNO. The van der Waals surface area contributed by atoms with Crippen molar-refractivity contribution < 1.29 is 9.13 Å². The molecule has 1 aromatic heterocycles. The summed E-state index contributed by atoms with van der Waals surface area (Å²) >= 11 is 8.83. The summed E-state index contributed by atoms with van der Waals surface area (Å²) in [5.74, 6) is -0.0326. The van der Waals surface area contributed by atoms with Gasteiger partial charge >= 0.3 is 0 Å². The number of hydrogen-bond acceptors (Lipinski definition) is 2. The Morgan fingerprint density at radius 2 is 2.06 bits per heavy atom. The van der Waals surface area contributed by atoms with E-state index in [1.807, 2.05) is 0 Å². The molecule has 0 aliphatic heterocycles. The van der Waals surface area contributed by atoms with E-state index >= 15 is 0 Å². The second kappa shape index (κ2) is 4.80. The van der Waals surface area contributed by atoms with Gasteiger partial charge in [0, 0.05) is 16.7 Å². The molecule has 0 saturated carbocycles. The normalized spacial score (nSPS) is 10.2. The van der Waals surface area contributed by atoms with Gasteiger partial charge < -0.3 is 4.74 Å². The minimum absolute atomic E-state index is 0.123. The standard InChI is InChI=1S/C11H6BrClFNO/c12-7-1-3-10(9(14)5-7)16-11-4-2-8(13)6-15-11/h1-6H. The van der Waals surface area contributed by atoms with E-state index in [-0.39, 0.29) is 5.75 Å². The molecular weight excluding hydrogens is 296 g/mol. The van der Waals surface area contributed by atoms with Crippen LogP contribution in [0, 0.1) is 5.82 Å². The Morgan fingerprint density at radius 3 is 2.69 bits per heavy atom. The molecule has 82 valence electrons. The third kappa shape index (κ3) is 2.71. The molecule has 2 aromatic rings. The summed E-state index contributed by atoms with van der Waals surface area (Å²) in [6.45, 7) is 0. The van der Waals surface area contributed by atoms with Gasteiger partial charge in [-0.05, 0) is 24.3 Å². The fourth-order valence-electron chi connectivity index (χ4n) is 1.09. The van der Waals surface area contributed by atoms with Crippen molar-refractivity contribution in [1.29, 1.82) is 0 Å². The molecule has 0 saturated heterocycles. The van der Waals surface area contributed by atoms with Crippen molar-refractivity contribution in [3.8, 4) is 11.6 Å². The Morgan fingerprint density at radius 1 is 1.25 bits per heavy atom. The van der Waals surface area contributed by atoms with Crippen LogP contribution >= 0.6 is 27.5 Å². The van der Waals surface area contributed by atoms with Crippen molar-refractivity contribution in [2.45, 2.75) is 0 Å². The fourth-order valence-corrected chi connectivity index (χ4v) is 1.54. The first-order valence-electron chi connectivity index (χ1n) is 4.39. The molecule has 2 rings (SSSR count). The minimum Gasteiger partial charge on any atom is -0.436 e. The minimum atomic E-state index is -0.453. The number of hydrogen-bond donors (Lipinski definition) is 0. The van der Waals surface area contributed by atoms with E-state index in [1.54, 1.807) is 18.2 Å². The molecule has 0 bridgehead atoms. The number of aromatic nitrogens is 1. The zero-order valence-corrected chi connectivity index (χ0v) is 10.3. The van der Waals surface area contributed by atoms with Crippen LogP contribution < -0.4 is 4.74 Å². The molecule has 5 heteroatoms. The van der Waals surface area contributed by atoms with Crippen molar-refractivity contribution in [1.82, 2.24) is 4.98 Å². The number of nitrogens with zero attached hydrogens (tertiary/aromatic N) is 1. The van der Waals surface area contributed by atoms with Gasteiger partial charge in [0.25, 0.3) is 0 Å². The first-order valence-corrected chi connectivity index (χ1v) is 5.57. The second-order valence-electron chi connectivity index (χ2n) is 2.99. The van der Waals surface area contributed by atoms with E-state index in [2.05, 4.69) is 20.9 Å². The van der Waals surface area contributed by atoms with E-state index in [1.165, 1.54) is 18.3 Å². The second-order valence-corrected chi connectivity index (χ2v) is 4.34. The highest BCUT2D eigenvalue weighted by atomic mass is 79.9. The van der Waals surface area contributed by atoms with Crippen LogP contribution in [-0.2, 0) is 0 Å². The zero-order chi connectivity index (χ0) is 11.5. The lowest BCUT2D eigenvalue weighted by Crippen LogP contribution is -1.90. The number of ether oxygens (including phenoxy) is 1. The summed E-state index contributed by atoms with van der Waals surface area (Å²) in [4.78, 5) is 3.90. The molecule has 0 unspecified atom stereocenters. The SMILES string of the molecule is Fc1cc(Br)ccc1Oc1ccc(Cl)cn1. The molecule has 0 amide bonds. The van der Waals surface area contributed by atoms with Crippen LogP contribution in [-0.4, -0.2) is 4.98 Å². The molecule has 0 N–H and O–H groups in total. The van der Waals surface area contributed by atoms with Crippen molar-refractivity contribution in [2.75, 3.05) is 0 Å². The Balaban J connectivity index is 2.23. The third-order valence-electron chi connectivity index (χ3n) is 1.81. The summed E-state index contributed by atoms with van der Waals surface area (Å²) in [6.07, 6.45) is 1.44. The summed E-state index contributed by atoms with van der Waals surface area (Å²) in [6, 6.07) is 7.74. The number of halogens is 3. The third-order valence-corrected chi connectivity index (χ3v) is 2.53. The Bertz CT molecular complexity index is 504. The van der Waals surface area contributed by atoms with Crippen LogP contribution in [0.15, 0.2) is 41.0 Å². The first-order chi connectivity index (χ1) is 7.65. The number of benzene rings is 1. The molecule has 0 aliphatic carbocycles. The van der Waals surface area contributed by atoms with Gasteiger partial charge in [-0.1, -0.05) is 27.5 Å². The average molecular weight is 303 g/mol. The lowest BCUT2D eigenvalue weighted by molar-refractivity contribution is 0.427. The molecule has 0 spiro atoms. The summed E-state index contributed by atoms with van der Waals surface area (Å²) < 4.78 is 19.3. The van der Waals surface area contributed by atoms with Crippen LogP contribution in [0.25, 0.3) is 0 Å². The Hall–Kier alpha value is -1.13. The van der Waals surface area contributed by atoms with E-state index in [9.17, 15) is 4.39 Å². The Kier molecular flexibility index (Phi) is 3.41. The van der Waals surface area contributed by atoms with Crippen LogP contribution in [0.2, 0.25) is 5.02 Å². The summed E-state index contributed by atoms with van der Waals surface area (Å²) in [7, 11) is 0. The van der Waals surface area contributed by atoms with E-state index < -0.39 is 5.82 Å². The lowest BCUT2D eigenvalue weighted by atomic mass is 10.3. The lowest BCUT2D eigenvalue weighted by Gasteiger charge is -2.05. The molecule has 16 heavy (non-hydrogen) atoms. The average Bonchev–Trinajstić information content (AvgIpc) is 2.25.